The van der Waals surface area contributed by atoms with Crippen LogP contribution in [-0.4, -0.2) is 7.85 Å². The average Bonchev–Trinajstić information content (AvgIpc) is 1.81. The number of allylic oxidation sites excluding steroid dienone is 2. The topological polar surface area (TPSA) is 0 Å². The minimum absolute atomic E-state index is 0.205. The quantitative estimate of drug-likeness (QED) is 0.344. The van der Waals surface area contributed by atoms with Crippen molar-refractivity contribution in [3.8, 4) is 0 Å². The van der Waals surface area contributed by atoms with E-state index >= 15 is 0 Å². The molecule has 0 unspecified atom stereocenters. The van der Waals surface area contributed by atoms with Crippen molar-refractivity contribution in [2.45, 2.75) is 41.0 Å². The maximum atomic E-state index is 3.95. The van der Waals surface area contributed by atoms with Gasteiger partial charge in [-0.05, 0) is 31.3 Å². The summed E-state index contributed by atoms with van der Waals surface area (Å²) in [6.45, 7) is 14.8. The van der Waals surface area contributed by atoms with Crippen LogP contribution in [0.5, 0.6) is 0 Å². The van der Waals surface area contributed by atoms with Crippen LogP contribution in [0.3, 0.4) is 0 Å². The Morgan fingerprint density at radius 3 is 2.00 bits per heavy atom. The maximum Gasteiger partial charge on any atom is 0.143 e. The molecular formula is C12H21B. The molecule has 0 aliphatic rings. The zero-order chi connectivity index (χ0) is 10.6. The molecule has 0 aliphatic heterocycles. The molecule has 0 atom stereocenters. The van der Waals surface area contributed by atoms with Gasteiger partial charge in [0.15, 0.2) is 0 Å². The van der Waals surface area contributed by atoms with E-state index in [0.717, 1.165) is 6.42 Å². The third-order valence-corrected chi connectivity index (χ3v) is 1.78. The molecule has 0 saturated heterocycles. The maximum absolute atomic E-state index is 3.95. The lowest BCUT2D eigenvalue weighted by Crippen LogP contribution is -2.09. The predicted octanol–water partition coefficient (Wildman–Crippen LogP) is 3.06. The predicted molar refractivity (Wildman–Crippen MR) is 63.6 cm³/mol. The zero-order valence-electron chi connectivity index (χ0n) is 9.91. The van der Waals surface area contributed by atoms with Crippen LogP contribution in [0.2, 0.25) is 0 Å². The lowest BCUT2D eigenvalue weighted by molar-refractivity contribution is 0.492. The molecule has 0 saturated carbocycles. The van der Waals surface area contributed by atoms with Crippen LogP contribution in [0.4, 0.5) is 0 Å². The highest BCUT2D eigenvalue weighted by Gasteiger charge is 2.16. The molecule has 0 heterocycles. The number of hydrogen-bond donors (Lipinski definition) is 0. The van der Waals surface area contributed by atoms with Gasteiger partial charge >= 0.3 is 0 Å². The summed E-state index contributed by atoms with van der Waals surface area (Å²) < 4.78 is 0. The summed E-state index contributed by atoms with van der Waals surface area (Å²) in [5, 5.41) is 0. The minimum Gasteiger partial charge on any atom is -0.132 e. The van der Waals surface area contributed by atoms with Crippen LogP contribution in [0.1, 0.15) is 41.0 Å². The van der Waals surface area contributed by atoms with E-state index in [0.29, 0.717) is 0 Å². The Bertz CT molecular complexity index is 253. The summed E-state index contributed by atoms with van der Waals surface area (Å²) in [6.07, 6.45) is 0.967. The summed E-state index contributed by atoms with van der Waals surface area (Å²) in [7, 11) is 2.09. The Hall–Kier alpha value is -0.675. The van der Waals surface area contributed by atoms with E-state index in [9.17, 15) is 0 Å². The molecule has 0 spiro atoms. The summed E-state index contributed by atoms with van der Waals surface area (Å²) in [5.41, 5.74) is 7.42. The first-order valence-corrected chi connectivity index (χ1v) is 4.81. The third-order valence-electron chi connectivity index (χ3n) is 1.78. The van der Waals surface area contributed by atoms with Crippen LogP contribution in [0.15, 0.2) is 28.9 Å². The largest absolute Gasteiger partial charge is 0.143 e. The Kier molecular flexibility index (Phi) is 4.29. The Labute approximate surface area is 83.8 Å². The highest BCUT2D eigenvalue weighted by atomic mass is 14.2. The third kappa shape index (κ3) is 5.55. The van der Waals surface area contributed by atoms with Gasteiger partial charge in [-0.3, -0.25) is 0 Å². The van der Waals surface area contributed by atoms with Crippen molar-refractivity contribution in [3.05, 3.63) is 28.9 Å². The van der Waals surface area contributed by atoms with Crippen molar-refractivity contribution in [2.75, 3.05) is 0 Å². The fourth-order valence-electron chi connectivity index (χ4n) is 1.10. The summed E-state index contributed by atoms with van der Waals surface area (Å²) >= 11 is 0. The van der Waals surface area contributed by atoms with Crippen LogP contribution < -0.4 is 0 Å². The normalized spacial score (nSPS) is 10.5. The molecule has 0 aliphatic carbocycles. The molecule has 0 rings (SSSR count). The van der Waals surface area contributed by atoms with Gasteiger partial charge in [-0.15, -0.1) is 5.73 Å². The molecule has 0 bridgehead atoms. The van der Waals surface area contributed by atoms with Gasteiger partial charge in [0.05, 0.1) is 0 Å². The molecule has 0 aromatic rings. The van der Waals surface area contributed by atoms with E-state index in [1.165, 1.54) is 16.6 Å². The Morgan fingerprint density at radius 2 is 1.77 bits per heavy atom. The van der Waals surface area contributed by atoms with Crippen molar-refractivity contribution < 1.29 is 0 Å². The fourth-order valence-corrected chi connectivity index (χ4v) is 1.10. The van der Waals surface area contributed by atoms with E-state index in [2.05, 4.69) is 54.8 Å². The molecule has 13 heavy (non-hydrogen) atoms. The van der Waals surface area contributed by atoms with E-state index in [4.69, 9.17) is 0 Å². The molecule has 72 valence electrons. The second kappa shape index (κ2) is 4.53. The van der Waals surface area contributed by atoms with Crippen LogP contribution in [-0.2, 0) is 0 Å². The van der Waals surface area contributed by atoms with E-state index in [1.807, 2.05) is 0 Å². The smallest absolute Gasteiger partial charge is 0.132 e. The number of rotatable bonds is 2. The van der Waals surface area contributed by atoms with Crippen LogP contribution in [0, 0.1) is 5.41 Å². The molecule has 0 amide bonds. The fraction of sp³-hybridized carbons (Fsp3) is 0.583. The molecule has 0 radical (unpaired) electrons. The first kappa shape index (κ1) is 12.3. The first-order valence-electron chi connectivity index (χ1n) is 4.81. The lowest BCUT2D eigenvalue weighted by atomic mass is 9.82. The van der Waals surface area contributed by atoms with E-state index < -0.39 is 0 Å². The Morgan fingerprint density at radius 1 is 1.31 bits per heavy atom. The molecule has 1 heteroatoms. The minimum atomic E-state index is 0.205. The van der Waals surface area contributed by atoms with Gasteiger partial charge in [-0.25, -0.2) is 0 Å². The number of hydrogen-bond acceptors (Lipinski definition) is 0. The van der Waals surface area contributed by atoms with Gasteiger partial charge in [-0.1, -0.05) is 38.4 Å². The second-order valence-corrected chi connectivity index (χ2v) is 4.99. The summed E-state index contributed by atoms with van der Waals surface area (Å²) in [4.78, 5) is 0. The average molecular weight is 176 g/mol. The van der Waals surface area contributed by atoms with Crippen molar-refractivity contribution in [2.24, 2.45) is 5.41 Å². The van der Waals surface area contributed by atoms with Gasteiger partial charge < -0.3 is 0 Å². The van der Waals surface area contributed by atoms with Gasteiger partial charge in [0.25, 0.3) is 0 Å². The molecular weight excluding hydrogens is 155 g/mol. The summed E-state index contributed by atoms with van der Waals surface area (Å²) in [6, 6.07) is 0. The molecule has 0 N–H and O–H groups in total. The molecule has 0 fully saturated rings. The zero-order valence-corrected chi connectivity index (χ0v) is 9.91. The van der Waals surface area contributed by atoms with Crippen molar-refractivity contribution in [3.63, 3.8) is 0 Å². The molecule has 0 nitrogen and oxygen atoms in total. The van der Waals surface area contributed by atoms with Crippen molar-refractivity contribution in [1.29, 1.82) is 0 Å². The van der Waals surface area contributed by atoms with Gasteiger partial charge in [0, 0.05) is 0 Å². The Balaban J connectivity index is 5.01. The van der Waals surface area contributed by atoms with Crippen molar-refractivity contribution >= 4 is 7.85 Å². The molecule has 0 aromatic carbocycles. The van der Waals surface area contributed by atoms with E-state index in [-0.39, 0.29) is 5.41 Å². The SMILES string of the molecule is BC(C)=C=C(CC(=C)C)C(C)(C)C. The molecule has 0 aromatic heterocycles. The van der Waals surface area contributed by atoms with Gasteiger partial charge in [0.1, 0.15) is 7.85 Å². The monoisotopic (exact) mass is 176 g/mol. The van der Waals surface area contributed by atoms with Gasteiger partial charge in [-0.2, -0.15) is 0 Å². The summed E-state index contributed by atoms with van der Waals surface area (Å²) in [5.74, 6) is 0. The van der Waals surface area contributed by atoms with Crippen molar-refractivity contribution in [1.82, 2.24) is 0 Å². The lowest BCUT2D eigenvalue weighted by Gasteiger charge is -2.21. The van der Waals surface area contributed by atoms with Crippen LogP contribution >= 0.6 is 0 Å². The standard InChI is InChI=1S/C12H21B/c1-9(2)7-11(8-10(3)13)12(4,5)6/h1,7,13H2,2-6H3. The highest BCUT2D eigenvalue weighted by Crippen LogP contribution is 2.29. The second-order valence-electron chi connectivity index (χ2n) is 4.99. The van der Waals surface area contributed by atoms with Crippen LogP contribution in [0.25, 0.3) is 0 Å². The van der Waals surface area contributed by atoms with Gasteiger partial charge in [0.2, 0.25) is 0 Å². The highest BCUT2D eigenvalue weighted by molar-refractivity contribution is 6.21. The van der Waals surface area contributed by atoms with E-state index in [1.54, 1.807) is 0 Å². The first-order chi connectivity index (χ1) is 5.73.